The van der Waals surface area contributed by atoms with Crippen molar-refractivity contribution in [3.8, 4) is 5.88 Å². The predicted molar refractivity (Wildman–Crippen MR) is 77.0 cm³/mol. The summed E-state index contributed by atoms with van der Waals surface area (Å²) >= 11 is 1.09. The highest BCUT2D eigenvalue weighted by Crippen LogP contribution is 2.42. The van der Waals surface area contributed by atoms with E-state index in [1.165, 1.54) is 0 Å². The van der Waals surface area contributed by atoms with Crippen LogP contribution in [0.5, 0.6) is 5.88 Å². The van der Waals surface area contributed by atoms with Crippen molar-refractivity contribution in [3.63, 3.8) is 0 Å². The molecular formula is C13H23N3O3S. The molecule has 1 saturated carbocycles. The summed E-state index contributed by atoms with van der Waals surface area (Å²) in [5.74, 6) is 0.467. The minimum Gasteiger partial charge on any atom is -0.473 e. The van der Waals surface area contributed by atoms with Crippen molar-refractivity contribution in [2.75, 3.05) is 19.8 Å². The second-order valence-electron chi connectivity index (χ2n) is 5.67. The quantitative estimate of drug-likeness (QED) is 0.748. The molecule has 1 aromatic heterocycles. The summed E-state index contributed by atoms with van der Waals surface area (Å²) < 4.78 is 18.8. The maximum atomic E-state index is 9.89. The molecule has 6 nitrogen and oxygen atoms in total. The summed E-state index contributed by atoms with van der Waals surface area (Å²) in [5.41, 5.74) is 0.107. The van der Waals surface area contributed by atoms with Crippen molar-refractivity contribution >= 4 is 11.7 Å². The molecule has 0 aromatic carbocycles. The lowest BCUT2D eigenvalue weighted by Crippen LogP contribution is -2.62. The summed E-state index contributed by atoms with van der Waals surface area (Å²) in [6, 6.07) is 0.370. The first-order valence-electron chi connectivity index (χ1n) is 6.97. The van der Waals surface area contributed by atoms with E-state index in [0.717, 1.165) is 24.8 Å². The zero-order valence-electron chi connectivity index (χ0n) is 12.2. The fourth-order valence-electron chi connectivity index (χ4n) is 2.45. The van der Waals surface area contributed by atoms with Crippen LogP contribution in [-0.2, 0) is 4.74 Å². The normalized spacial score (nSPS) is 26.0. The van der Waals surface area contributed by atoms with Crippen LogP contribution in [0.4, 0.5) is 0 Å². The van der Waals surface area contributed by atoms with E-state index >= 15 is 0 Å². The Morgan fingerprint density at radius 2 is 2.40 bits per heavy atom. The monoisotopic (exact) mass is 301 g/mol. The fraction of sp³-hybridized carbons (Fsp3) is 0.846. The Labute approximate surface area is 123 Å². The average Bonchev–Trinajstić information content (AvgIpc) is 2.93. The van der Waals surface area contributed by atoms with Gasteiger partial charge in [0, 0.05) is 24.6 Å². The number of aromatic nitrogens is 2. The van der Waals surface area contributed by atoms with Crippen LogP contribution in [0.3, 0.4) is 0 Å². The lowest BCUT2D eigenvalue weighted by molar-refractivity contribution is -0.115. The molecule has 0 amide bonds. The number of nitrogens with one attached hydrogen (secondary N) is 1. The highest BCUT2D eigenvalue weighted by molar-refractivity contribution is 6.99. The first kappa shape index (κ1) is 15.6. The third kappa shape index (κ3) is 3.66. The largest absolute Gasteiger partial charge is 0.473 e. The number of rotatable bonds is 8. The number of aliphatic hydroxyl groups excluding tert-OH is 1. The van der Waals surface area contributed by atoms with Crippen molar-refractivity contribution in [3.05, 3.63) is 6.20 Å². The zero-order chi connectivity index (χ0) is 14.6. The zero-order valence-corrected chi connectivity index (χ0v) is 13.0. The van der Waals surface area contributed by atoms with Crippen LogP contribution >= 0.6 is 11.7 Å². The molecule has 7 heteroatoms. The summed E-state index contributed by atoms with van der Waals surface area (Å²) in [4.78, 5) is 0. The van der Waals surface area contributed by atoms with Crippen molar-refractivity contribution in [2.24, 2.45) is 5.41 Å². The fourth-order valence-corrected chi connectivity index (χ4v) is 2.82. The third-order valence-electron chi connectivity index (χ3n) is 3.91. The van der Waals surface area contributed by atoms with Crippen LogP contribution in [0.1, 0.15) is 27.2 Å². The van der Waals surface area contributed by atoms with Gasteiger partial charge in [-0.1, -0.05) is 13.8 Å². The summed E-state index contributed by atoms with van der Waals surface area (Å²) in [7, 11) is 0. The smallest absolute Gasteiger partial charge is 0.245 e. The van der Waals surface area contributed by atoms with E-state index in [0.29, 0.717) is 24.6 Å². The number of aliphatic hydroxyl groups is 1. The van der Waals surface area contributed by atoms with Crippen LogP contribution in [0.25, 0.3) is 0 Å². The molecule has 1 aliphatic carbocycles. The first-order chi connectivity index (χ1) is 9.54. The van der Waals surface area contributed by atoms with Crippen molar-refractivity contribution in [1.29, 1.82) is 0 Å². The van der Waals surface area contributed by atoms with Gasteiger partial charge in [0.1, 0.15) is 18.9 Å². The second-order valence-corrected chi connectivity index (χ2v) is 6.23. The molecule has 0 radical (unpaired) electrons. The Morgan fingerprint density at radius 1 is 1.60 bits per heavy atom. The predicted octanol–water partition coefficient (Wildman–Crippen LogP) is 1.07. The number of ether oxygens (including phenoxy) is 2. The molecule has 3 unspecified atom stereocenters. The number of hydrogen-bond donors (Lipinski definition) is 2. The van der Waals surface area contributed by atoms with Gasteiger partial charge in [0.05, 0.1) is 17.8 Å². The van der Waals surface area contributed by atoms with Gasteiger partial charge in [-0.2, -0.15) is 4.37 Å². The van der Waals surface area contributed by atoms with E-state index in [9.17, 15) is 5.11 Å². The second kappa shape index (κ2) is 6.80. The van der Waals surface area contributed by atoms with Gasteiger partial charge in [-0.15, -0.1) is 4.37 Å². The standard InChI is InChI=1S/C13H23N3O3S/c1-4-18-11-5-10(13(11,2)3)14-6-9(17)8-19-12-7-15-20-16-12/h7,9-11,14,17H,4-6,8H2,1-3H3. The van der Waals surface area contributed by atoms with Crippen LogP contribution in [0.2, 0.25) is 0 Å². The lowest BCUT2D eigenvalue weighted by atomic mass is 9.64. The average molecular weight is 301 g/mol. The minimum atomic E-state index is -0.557. The lowest BCUT2D eigenvalue weighted by Gasteiger charge is -2.52. The van der Waals surface area contributed by atoms with Crippen LogP contribution in [0, 0.1) is 5.41 Å². The Hall–Kier alpha value is -0.760. The molecule has 20 heavy (non-hydrogen) atoms. The Bertz CT molecular complexity index is 400. The molecule has 114 valence electrons. The molecule has 1 aliphatic rings. The highest BCUT2D eigenvalue weighted by Gasteiger charge is 2.48. The van der Waals surface area contributed by atoms with Crippen molar-refractivity contribution < 1.29 is 14.6 Å². The molecule has 0 bridgehead atoms. The molecule has 0 aliphatic heterocycles. The van der Waals surface area contributed by atoms with Crippen molar-refractivity contribution in [1.82, 2.24) is 14.1 Å². The molecular weight excluding hydrogens is 278 g/mol. The Morgan fingerprint density at radius 3 is 3.00 bits per heavy atom. The van der Waals surface area contributed by atoms with Crippen LogP contribution in [0.15, 0.2) is 6.20 Å². The van der Waals surface area contributed by atoms with E-state index in [4.69, 9.17) is 9.47 Å². The topological polar surface area (TPSA) is 76.5 Å². The number of nitrogens with zero attached hydrogens (tertiary/aromatic N) is 2. The van der Waals surface area contributed by atoms with Gasteiger partial charge in [0.15, 0.2) is 0 Å². The van der Waals surface area contributed by atoms with Crippen LogP contribution < -0.4 is 10.1 Å². The van der Waals surface area contributed by atoms with Crippen LogP contribution in [-0.4, -0.2) is 51.9 Å². The maximum Gasteiger partial charge on any atom is 0.245 e. The van der Waals surface area contributed by atoms with E-state index < -0.39 is 6.10 Å². The molecule has 1 heterocycles. The van der Waals surface area contributed by atoms with Gasteiger partial charge < -0.3 is 19.9 Å². The molecule has 2 rings (SSSR count). The Kier molecular flexibility index (Phi) is 5.31. The van der Waals surface area contributed by atoms with E-state index in [-0.39, 0.29) is 12.0 Å². The minimum absolute atomic E-state index is 0.107. The van der Waals surface area contributed by atoms with Gasteiger partial charge in [0.2, 0.25) is 5.88 Å². The highest BCUT2D eigenvalue weighted by atomic mass is 32.1. The first-order valence-corrected chi connectivity index (χ1v) is 7.70. The summed E-state index contributed by atoms with van der Waals surface area (Å²) in [6.07, 6.45) is 2.29. The van der Waals surface area contributed by atoms with Gasteiger partial charge in [-0.05, 0) is 13.3 Å². The van der Waals surface area contributed by atoms with Gasteiger partial charge >= 0.3 is 0 Å². The molecule has 0 spiro atoms. The molecule has 0 saturated heterocycles. The van der Waals surface area contributed by atoms with Gasteiger partial charge in [0.25, 0.3) is 0 Å². The summed E-state index contributed by atoms with van der Waals surface area (Å²) in [6.45, 7) is 7.88. The van der Waals surface area contributed by atoms with E-state index in [2.05, 4.69) is 27.9 Å². The molecule has 3 atom stereocenters. The number of hydrogen-bond acceptors (Lipinski definition) is 7. The van der Waals surface area contributed by atoms with Gasteiger partial charge in [-0.3, -0.25) is 0 Å². The third-order valence-corrected chi connectivity index (χ3v) is 4.37. The van der Waals surface area contributed by atoms with Gasteiger partial charge in [-0.25, -0.2) is 0 Å². The van der Waals surface area contributed by atoms with E-state index in [1.807, 2.05) is 6.92 Å². The van der Waals surface area contributed by atoms with E-state index in [1.54, 1.807) is 6.20 Å². The molecule has 2 N–H and O–H groups in total. The SMILES string of the molecule is CCOC1CC(NCC(O)COc2cnsn2)C1(C)C. The van der Waals surface area contributed by atoms with Crippen molar-refractivity contribution in [2.45, 2.75) is 45.4 Å². The summed E-state index contributed by atoms with van der Waals surface area (Å²) in [5, 5.41) is 13.3. The maximum absolute atomic E-state index is 9.89. The molecule has 1 fully saturated rings. The molecule has 1 aromatic rings. The Balaban J connectivity index is 1.65.